The zero-order valence-corrected chi connectivity index (χ0v) is 26.2. The lowest BCUT2D eigenvalue weighted by molar-refractivity contribution is 0.0846. The predicted molar refractivity (Wildman–Crippen MR) is 173 cm³/mol. The van der Waals surface area contributed by atoms with Gasteiger partial charge in [0.1, 0.15) is 0 Å². The number of aryl methyl sites for hydroxylation is 2. The average molecular weight is 583 g/mol. The topological polar surface area (TPSA) is 77.7 Å². The summed E-state index contributed by atoms with van der Waals surface area (Å²) < 4.78 is 5.67. The first-order chi connectivity index (χ1) is 20.8. The molecule has 2 aliphatic heterocycles. The maximum absolute atomic E-state index is 13.8. The van der Waals surface area contributed by atoms with Gasteiger partial charge in [-0.2, -0.15) is 0 Å². The van der Waals surface area contributed by atoms with Crippen LogP contribution in [0.3, 0.4) is 0 Å². The summed E-state index contributed by atoms with van der Waals surface area (Å²) in [6.45, 7) is 12.8. The zero-order valence-electron chi connectivity index (χ0n) is 26.2. The van der Waals surface area contributed by atoms with Gasteiger partial charge in [-0.25, -0.2) is 0 Å². The van der Waals surface area contributed by atoms with E-state index >= 15 is 0 Å². The van der Waals surface area contributed by atoms with Crippen LogP contribution in [0.15, 0.2) is 47.3 Å². The molecule has 3 heterocycles. The van der Waals surface area contributed by atoms with Gasteiger partial charge in [0.2, 0.25) is 0 Å². The molecule has 2 aromatic carbocycles. The van der Waals surface area contributed by atoms with E-state index in [1.54, 1.807) is 0 Å². The van der Waals surface area contributed by atoms with Crippen molar-refractivity contribution in [2.45, 2.75) is 85.0 Å². The van der Waals surface area contributed by atoms with Gasteiger partial charge in [0, 0.05) is 74.0 Å². The van der Waals surface area contributed by atoms with Crippen molar-refractivity contribution in [3.63, 3.8) is 0 Å². The van der Waals surface area contributed by atoms with Crippen LogP contribution in [0.5, 0.6) is 0 Å². The van der Waals surface area contributed by atoms with Gasteiger partial charge < -0.3 is 19.9 Å². The minimum absolute atomic E-state index is 0.150. The molecule has 2 atom stereocenters. The number of aromatic amines is 1. The van der Waals surface area contributed by atoms with E-state index in [1.807, 2.05) is 32.9 Å². The number of hydrogen-bond donors (Lipinski definition) is 2. The number of fused-ring (bicyclic) bond motifs is 2. The summed E-state index contributed by atoms with van der Waals surface area (Å²) in [6.07, 6.45) is 6.06. The summed E-state index contributed by atoms with van der Waals surface area (Å²) in [5, 5.41) is 3.06. The highest BCUT2D eigenvalue weighted by atomic mass is 16.5. The van der Waals surface area contributed by atoms with Gasteiger partial charge in [0.05, 0.1) is 0 Å². The van der Waals surface area contributed by atoms with Gasteiger partial charge in [0.25, 0.3) is 11.5 Å². The Morgan fingerprint density at radius 3 is 2.44 bits per heavy atom. The number of nitrogens with zero attached hydrogens (tertiary/aromatic N) is 2. The SMILES string of the molecule is CCN(c1cc(-c2ccc(CN3C[C@@H]4CC[C@H]3C4)cc2)cc(C(=O)NCc2c(C)cc(C)[nH]c2=O)c1C)C1CCOCC1. The predicted octanol–water partition coefficient (Wildman–Crippen LogP) is 5.89. The molecule has 1 aliphatic carbocycles. The van der Waals surface area contributed by atoms with Crippen LogP contribution in [0.2, 0.25) is 0 Å². The van der Waals surface area contributed by atoms with Crippen molar-refractivity contribution in [1.29, 1.82) is 0 Å². The summed E-state index contributed by atoms with van der Waals surface area (Å²) in [7, 11) is 0. The average Bonchev–Trinajstić information content (AvgIpc) is 3.62. The molecule has 228 valence electrons. The fourth-order valence-electron chi connectivity index (χ4n) is 7.64. The van der Waals surface area contributed by atoms with Crippen LogP contribution in [0.1, 0.15) is 77.3 Å². The van der Waals surface area contributed by atoms with Crippen molar-refractivity contribution in [1.82, 2.24) is 15.2 Å². The second-order valence-electron chi connectivity index (χ2n) is 12.9. The van der Waals surface area contributed by atoms with Gasteiger partial charge in [-0.3, -0.25) is 14.5 Å². The number of nitrogens with one attached hydrogen (secondary N) is 2. The molecule has 0 unspecified atom stereocenters. The highest BCUT2D eigenvalue weighted by Gasteiger charge is 2.37. The highest BCUT2D eigenvalue weighted by Crippen LogP contribution is 2.38. The Morgan fingerprint density at radius 1 is 1.02 bits per heavy atom. The van der Waals surface area contributed by atoms with E-state index in [0.29, 0.717) is 17.2 Å². The molecule has 7 nitrogen and oxygen atoms in total. The number of anilines is 1. The molecule has 3 fully saturated rings. The molecule has 3 aliphatic rings. The molecular weight excluding hydrogens is 536 g/mol. The second kappa shape index (κ2) is 12.7. The normalized spacial score (nSPS) is 20.5. The van der Waals surface area contributed by atoms with Gasteiger partial charge in [-0.1, -0.05) is 24.3 Å². The lowest BCUT2D eigenvalue weighted by Gasteiger charge is -2.37. The maximum atomic E-state index is 13.8. The summed E-state index contributed by atoms with van der Waals surface area (Å²) in [5.41, 5.74) is 8.33. The molecule has 1 aromatic heterocycles. The molecule has 7 heteroatoms. The number of amides is 1. The Morgan fingerprint density at radius 2 is 1.79 bits per heavy atom. The van der Waals surface area contributed by atoms with E-state index in [4.69, 9.17) is 4.74 Å². The number of rotatable bonds is 9. The highest BCUT2D eigenvalue weighted by molar-refractivity contribution is 5.99. The number of ether oxygens (including phenoxy) is 1. The van der Waals surface area contributed by atoms with Crippen LogP contribution in [0, 0.1) is 26.7 Å². The van der Waals surface area contributed by atoms with Crippen LogP contribution in [0.25, 0.3) is 11.1 Å². The molecule has 2 bridgehead atoms. The summed E-state index contributed by atoms with van der Waals surface area (Å²) in [4.78, 5) is 34.4. The van der Waals surface area contributed by atoms with Crippen LogP contribution in [0.4, 0.5) is 5.69 Å². The Hall–Kier alpha value is -3.42. The van der Waals surface area contributed by atoms with Crippen LogP contribution in [-0.2, 0) is 17.8 Å². The first kappa shape index (κ1) is 29.6. The fraction of sp³-hybridized carbons (Fsp3) is 0.500. The Kier molecular flexibility index (Phi) is 8.73. The lowest BCUT2D eigenvalue weighted by atomic mass is 9.94. The third kappa shape index (κ3) is 6.29. The van der Waals surface area contributed by atoms with Gasteiger partial charge >= 0.3 is 0 Å². The fourth-order valence-corrected chi connectivity index (χ4v) is 7.64. The number of aromatic nitrogens is 1. The molecule has 6 rings (SSSR count). The van der Waals surface area contributed by atoms with Crippen molar-refractivity contribution in [3.05, 3.63) is 86.3 Å². The Balaban J connectivity index is 1.30. The van der Waals surface area contributed by atoms with Gasteiger partial charge in [-0.15, -0.1) is 0 Å². The van der Waals surface area contributed by atoms with Gasteiger partial charge in [-0.05, 0) is 112 Å². The number of carbonyl (C=O) groups excluding carboxylic acids is 1. The monoisotopic (exact) mass is 582 g/mol. The van der Waals surface area contributed by atoms with E-state index < -0.39 is 0 Å². The molecule has 2 N–H and O–H groups in total. The van der Waals surface area contributed by atoms with Crippen LogP contribution >= 0.6 is 0 Å². The molecule has 2 saturated heterocycles. The quantitative estimate of drug-likeness (QED) is 0.329. The van der Waals surface area contributed by atoms with E-state index in [9.17, 15) is 9.59 Å². The minimum Gasteiger partial charge on any atom is -0.381 e. The van der Waals surface area contributed by atoms with E-state index in [-0.39, 0.29) is 18.0 Å². The minimum atomic E-state index is -0.163. The summed E-state index contributed by atoms with van der Waals surface area (Å²) in [5.74, 6) is 0.731. The molecule has 1 amide bonds. The Labute approximate surface area is 255 Å². The van der Waals surface area contributed by atoms with Crippen molar-refractivity contribution in [3.8, 4) is 11.1 Å². The molecule has 43 heavy (non-hydrogen) atoms. The van der Waals surface area contributed by atoms with Gasteiger partial charge in [0.15, 0.2) is 0 Å². The summed E-state index contributed by atoms with van der Waals surface area (Å²) in [6, 6.07) is 16.3. The van der Waals surface area contributed by atoms with Crippen LogP contribution < -0.4 is 15.8 Å². The smallest absolute Gasteiger partial charge is 0.253 e. The van der Waals surface area contributed by atoms with E-state index in [0.717, 1.165) is 84.7 Å². The van der Waals surface area contributed by atoms with E-state index in [1.165, 1.54) is 31.4 Å². The number of H-pyrrole nitrogens is 1. The third-order valence-electron chi connectivity index (χ3n) is 10.0. The van der Waals surface area contributed by atoms with Crippen molar-refractivity contribution < 1.29 is 9.53 Å². The summed E-state index contributed by atoms with van der Waals surface area (Å²) >= 11 is 0. The molecule has 0 spiro atoms. The Bertz CT molecular complexity index is 1520. The van der Waals surface area contributed by atoms with Crippen molar-refractivity contribution in [2.75, 3.05) is 31.2 Å². The number of likely N-dealkylation sites (tertiary alicyclic amines) is 1. The number of pyridine rings is 1. The molecule has 0 radical (unpaired) electrons. The maximum Gasteiger partial charge on any atom is 0.253 e. The third-order valence-corrected chi connectivity index (χ3v) is 10.0. The standard InChI is InChI=1S/C36H46N4O3/c1-5-40(30-12-14-43-15-13-30)34-19-29(28-9-6-26(7-10-28)21-39-22-27-8-11-31(39)17-27)18-32(25(34)4)35(41)37-20-33-23(2)16-24(3)38-36(33)42/h6-7,9-10,16,18-19,27,30-31H,5,8,11-15,17,20-22H2,1-4H3,(H,37,41)(H,38,42)/t27-,31+/m1/s1. The van der Waals surface area contributed by atoms with Crippen LogP contribution in [-0.4, -0.2) is 54.2 Å². The van der Waals surface area contributed by atoms with Crippen molar-refractivity contribution >= 4 is 11.6 Å². The number of benzene rings is 2. The first-order valence-corrected chi connectivity index (χ1v) is 16.1. The van der Waals surface area contributed by atoms with Crippen molar-refractivity contribution in [2.24, 2.45) is 5.92 Å². The first-order valence-electron chi connectivity index (χ1n) is 16.1. The molecule has 3 aromatic rings. The number of hydrogen-bond acceptors (Lipinski definition) is 5. The number of carbonyl (C=O) groups is 1. The largest absolute Gasteiger partial charge is 0.381 e. The molecule has 1 saturated carbocycles. The zero-order chi connectivity index (χ0) is 30.1. The molecular formula is C36H46N4O3. The lowest BCUT2D eigenvalue weighted by Crippen LogP contribution is -2.40. The second-order valence-corrected chi connectivity index (χ2v) is 12.9. The number of piperidine rings is 1. The van der Waals surface area contributed by atoms with E-state index in [2.05, 4.69) is 57.4 Å².